The van der Waals surface area contributed by atoms with Gasteiger partial charge in [-0.2, -0.15) is 0 Å². The lowest BCUT2D eigenvalue weighted by atomic mass is 9.90. The molecule has 0 atom stereocenters. The molecule has 0 radical (unpaired) electrons. The van der Waals surface area contributed by atoms with E-state index in [9.17, 15) is 0 Å². The molecule has 0 bridgehead atoms. The molecule has 0 unspecified atom stereocenters. The average molecular weight is 160 g/mol. The maximum absolute atomic E-state index is 5.12. The Hall–Kier alpha value is -0.120. The molecule has 4 N–H and O–H groups in total. The number of hydroxylamine groups is 1. The predicted molar refractivity (Wildman–Crippen MR) is 46.6 cm³/mol. The van der Waals surface area contributed by atoms with E-state index in [4.69, 9.17) is 4.84 Å². The van der Waals surface area contributed by atoms with E-state index in [0.717, 1.165) is 12.5 Å². The highest BCUT2D eigenvalue weighted by atomic mass is 16.6. The van der Waals surface area contributed by atoms with Crippen LogP contribution in [0.25, 0.3) is 0 Å². The van der Waals surface area contributed by atoms with Crippen molar-refractivity contribution in [3.63, 3.8) is 0 Å². The smallest absolute Gasteiger partial charge is 0.0710 e. The van der Waals surface area contributed by atoms with Gasteiger partial charge in [-0.15, -0.1) is 0 Å². The molecular formula is C8H20N2O. The number of hydrogen-bond acceptors (Lipinski definition) is 3. The summed E-state index contributed by atoms with van der Waals surface area (Å²) in [6.45, 7) is 0.899. The van der Waals surface area contributed by atoms with Gasteiger partial charge in [0.15, 0.2) is 0 Å². The van der Waals surface area contributed by atoms with E-state index in [1.54, 1.807) is 0 Å². The molecule has 3 nitrogen and oxygen atoms in total. The highest BCUT2D eigenvalue weighted by molar-refractivity contribution is 4.64. The molecule has 0 spiro atoms. The van der Waals surface area contributed by atoms with Crippen LogP contribution in [0.2, 0.25) is 0 Å². The third kappa shape index (κ3) is 4.35. The molecule has 1 fully saturated rings. The molecule has 1 saturated carbocycles. The van der Waals surface area contributed by atoms with Gasteiger partial charge in [0, 0.05) is 7.05 Å². The van der Waals surface area contributed by atoms with Gasteiger partial charge in [0.05, 0.1) is 6.61 Å². The minimum atomic E-state index is 0. The second-order valence-corrected chi connectivity index (χ2v) is 3.02. The fourth-order valence-electron chi connectivity index (χ4n) is 1.55. The van der Waals surface area contributed by atoms with Crippen molar-refractivity contribution in [2.75, 3.05) is 13.7 Å². The highest BCUT2D eigenvalue weighted by Gasteiger charge is 2.12. The zero-order chi connectivity index (χ0) is 7.23. The van der Waals surface area contributed by atoms with Crippen molar-refractivity contribution in [1.29, 1.82) is 0 Å². The maximum Gasteiger partial charge on any atom is 0.0710 e. The molecule has 0 aliphatic heterocycles. The maximum atomic E-state index is 5.12. The van der Waals surface area contributed by atoms with E-state index < -0.39 is 0 Å². The molecule has 0 aromatic rings. The summed E-state index contributed by atoms with van der Waals surface area (Å²) >= 11 is 0. The molecule has 3 heteroatoms. The largest absolute Gasteiger partial charge is 0.344 e. The topological polar surface area (TPSA) is 56.3 Å². The van der Waals surface area contributed by atoms with E-state index in [0.29, 0.717) is 0 Å². The number of nitrogens with one attached hydrogen (secondary N) is 1. The van der Waals surface area contributed by atoms with Crippen LogP contribution in [0.5, 0.6) is 0 Å². The Morgan fingerprint density at radius 3 is 2.45 bits per heavy atom. The molecule has 68 valence electrons. The molecule has 0 saturated heterocycles. The van der Waals surface area contributed by atoms with Crippen molar-refractivity contribution < 1.29 is 4.84 Å². The summed E-state index contributed by atoms with van der Waals surface area (Å²) in [4.78, 5) is 5.12. The number of hydrogen-bond donors (Lipinski definition) is 2. The third-order valence-corrected chi connectivity index (χ3v) is 2.19. The standard InChI is InChI=1S/C8H17NO.H3N/c1-9-10-7-8-5-3-2-4-6-8;/h8-9H,2-7H2,1H3;1H3. The van der Waals surface area contributed by atoms with Crippen LogP contribution in [-0.4, -0.2) is 13.7 Å². The van der Waals surface area contributed by atoms with Crippen LogP contribution < -0.4 is 11.6 Å². The fraction of sp³-hybridized carbons (Fsp3) is 1.00. The normalized spacial score (nSPS) is 19.4. The first kappa shape index (κ1) is 10.9. The van der Waals surface area contributed by atoms with Gasteiger partial charge in [0.1, 0.15) is 0 Å². The molecule has 1 aliphatic carbocycles. The zero-order valence-electron chi connectivity index (χ0n) is 7.44. The summed E-state index contributed by atoms with van der Waals surface area (Å²) in [7, 11) is 1.82. The summed E-state index contributed by atoms with van der Waals surface area (Å²) in [5, 5.41) is 0. The SMILES string of the molecule is CNOCC1CCCCC1.N. The van der Waals surface area contributed by atoms with Gasteiger partial charge in [0.25, 0.3) is 0 Å². The van der Waals surface area contributed by atoms with Gasteiger partial charge in [-0.25, -0.2) is 5.48 Å². The van der Waals surface area contributed by atoms with E-state index >= 15 is 0 Å². The van der Waals surface area contributed by atoms with Crippen molar-refractivity contribution in [2.45, 2.75) is 32.1 Å². The molecule has 1 aliphatic rings. The van der Waals surface area contributed by atoms with Crippen molar-refractivity contribution in [2.24, 2.45) is 5.92 Å². The zero-order valence-corrected chi connectivity index (χ0v) is 7.44. The lowest BCUT2D eigenvalue weighted by molar-refractivity contribution is 0.0228. The van der Waals surface area contributed by atoms with Crippen LogP contribution in [0.4, 0.5) is 0 Å². The molecule has 0 aromatic heterocycles. The van der Waals surface area contributed by atoms with Crippen LogP contribution in [-0.2, 0) is 4.84 Å². The minimum absolute atomic E-state index is 0. The summed E-state index contributed by atoms with van der Waals surface area (Å²) < 4.78 is 0. The lowest BCUT2D eigenvalue weighted by Crippen LogP contribution is -2.18. The van der Waals surface area contributed by atoms with Crippen molar-refractivity contribution in [3.8, 4) is 0 Å². The van der Waals surface area contributed by atoms with Crippen molar-refractivity contribution >= 4 is 0 Å². The van der Waals surface area contributed by atoms with Crippen molar-refractivity contribution in [1.82, 2.24) is 11.6 Å². The Balaban J connectivity index is 0.000001000. The predicted octanol–water partition coefficient (Wildman–Crippen LogP) is 1.88. The van der Waals surface area contributed by atoms with Crippen LogP contribution in [0, 0.1) is 5.92 Å². The van der Waals surface area contributed by atoms with Crippen LogP contribution in [0.15, 0.2) is 0 Å². The summed E-state index contributed by atoms with van der Waals surface area (Å²) in [5.74, 6) is 0.821. The second kappa shape index (κ2) is 6.58. The monoisotopic (exact) mass is 160 g/mol. The number of rotatable bonds is 3. The van der Waals surface area contributed by atoms with Crippen LogP contribution in [0.1, 0.15) is 32.1 Å². The van der Waals surface area contributed by atoms with E-state index in [1.165, 1.54) is 32.1 Å². The quantitative estimate of drug-likeness (QED) is 0.620. The Kier molecular flexibility index (Phi) is 6.51. The van der Waals surface area contributed by atoms with Crippen LogP contribution in [0.3, 0.4) is 0 Å². The van der Waals surface area contributed by atoms with E-state index in [2.05, 4.69) is 5.48 Å². The Morgan fingerprint density at radius 1 is 1.27 bits per heavy atom. The average Bonchev–Trinajstić information content (AvgIpc) is 2.03. The van der Waals surface area contributed by atoms with Gasteiger partial charge < -0.3 is 11.0 Å². The first-order valence-electron chi connectivity index (χ1n) is 4.22. The molecule has 0 heterocycles. The first-order valence-corrected chi connectivity index (χ1v) is 4.22. The highest BCUT2D eigenvalue weighted by Crippen LogP contribution is 2.23. The lowest BCUT2D eigenvalue weighted by Gasteiger charge is -2.20. The minimum Gasteiger partial charge on any atom is -0.344 e. The van der Waals surface area contributed by atoms with Gasteiger partial charge in [0.2, 0.25) is 0 Å². The molecule has 0 aromatic carbocycles. The second-order valence-electron chi connectivity index (χ2n) is 3.02. The summed E-state index contributed by atoms with van der Waals surface area (Å²) in [5.41, 5.74) is 2.71. The van der Waals surface area contributed by atoms with Gasteiger partial charge >= 0.3 is 0 Å². The summed E-state index contributed by atoms with van der Waals surface area (Å²) in [6, 6.07) is 0. The van der Waals surface area contributed by atoms with Gasteiger partial charge in [-0.05, 0) is 18.8 Å². The molecule has 0 amide bonds. The third-order valence-electron chi connectivity index (χ3n) is 2.19. The van der Waals surface area contributed by atoms with E-state index in [-0.39, 0.29) is 6.15 Å². The molecular weight excluding hydrogens is 140 g/mol. The Morgan fingerprint density at radius 2 is 1.91 bits per heavy atom. The van der Waals surface area contributed by atoms with Gasteiger partial charge in [-0.3, -0.25) is 0 Å². The summed E-state index contributed by atoms with van der Waals surface area (Å²) in [6.07, 6.45) is 6.95. The molecule has 1 rings (SSSR count). The Bertz CT molecular complexity index is 82.2. The van der Waals surface area contributed by atoms with Crippen molar-refractivity contribution in [3.05, 3.63) is 0 Å². The fourth-order valence-corrected chi connectivity index (χ4v) is 1.55. The van der Waals surface area contributed by atoms with E-state index in [1.807, 2.05) is 7.05 Å². The Labute approximate surface area is 69.0 Å². The van der Waals surface area contributed by atoms with Crippen LogP contribution >= 0.6 is 0 Å². The molecule has 11 heavy (non-hydrogen) atoms. The van der Waals surface area contributed by atoms with Gasteiger partial charge in [-0.1, -0.05) is 19.3 Å². The first-order chi connectivity index (χ1) is 4.93.